The number of aromatic nitrogens is 2. The lowest BCUT2D eigenvalue weighted by atomic mass is 10.1. The van der Waals surface area contributed by atoms with Crippen molar-refractivity contribution < 1.29 is 9.53 Å². The molecular weight excluding hydrogens is 352 g/mol. The summed E-state index contributed by atoms with van der Waals surface area (Å²) in [4.78, 5) is 21.2. The van der Waals surface area contributed by atoms with Crippen LogP contribution in [0.5, 0.6) is 5.75 Å². The molecular formula is C22H24N4O2. The molecule has 0 unspecified atom stereocenters. The maximum atomic E-state index is 12.5. The van der Waals surface area contributed by atoms with Crippen LogP contribution >= 0.6 is 0 Å². The van der Waals surface area contributed by atoms with Gasteiger partial charge in [-0.25, -0.2) is 9.97 Å². The zero-order valence-corrected chi connectivity index (χ0v) is 16.1. The molecule has 0 saturated carbocycles. The topological polar surface area (TPSA) is 76.1 Å². The number of nitrogens with one attached hydrogen (secondary N) is 2. The SMILES string of the molecule is COc1ccccc1Nc1nc(C)cc(C(=O)NCCCc2ccccc2)n1. The van der Waals surface area contributed by atoms with E-state index >= 15 is 0 Å². The van der Waals surface area contributed by atoms with Crippen molar-refractivity contribution in [2.24, 2.45) is 0 Å². The van der Waals surface area contributed by atoms with Gasteiger partial charge >= 0.3 is 0 Å². The molecule has 1 aromatic heterocycles. The third-order valence-corrected chi connectivity index (χ3v) is 4.21. The van der Waals surface area contributed by atoms with Gasteiger partial charge in [0.05, 0.1) is 12.8 Å². The zero-order valence-electron chi connectivity index (χ0n) is 16.1. The second-order valence-corrected chi connectivity index (χ2v) is 6.39. The molecule has 0 aliphatic heterocycles. The maximum Gasteiger partial charge on any atom is 0.270 e. The molecule has 144 valence electrons. The Morgan fingerprint density at radius 2 is 1.79 bits per heavy atom. The van der Waals surface area contributed by atoms with Crippen molar-refractivity contribution in [3.8, 4) is 5.75 Å². The van der Waals surface area contributed by atoms with Crippen molar-refractivity contribution in [2.75, 3.05) is 19.0 Å². The monoisotopic (exact) mass is 376 g/mol. The Bertz CT molecular complexity index is 929. The molecule has 0 saturated heterocycles. The number of hydrogen-bond donors (Lipinski definition) is 2. The van der Waals surface area contributed by atoms with Crippen molar-refractivity contribution in [2.45, 2.75) is 19.8 Å². The number of nitrogens with zero attached hydrogens (tertiary/aromatic N) is 2. The fraction of sp³-hybridized carbons (Fsp3) is 0.227. The smallest absolute Gasteiger partial charge is 0.270 e. The minimum atomic E-state index is -0.207. The largest absolute Gasteiger partial charge is 0.495 e. The average Bonchev–Trinajstić information content (AvgIpc) is 2.72. The van der Waals surface area contributed by atoms with Gasteiger partial charge in [0, 0.05) is 12.2 Å². The van der Waals surface area contributed by atoms with Gasteiger partial charge in [0.15, 0.2) is 0 Å². The number of carbonyl (C=O) groups is 1. The van der Waals surface area contributed by atoms with E-state index in [9.17, 15) is 4.79 Å². The van der Waals surface area contributed by atoms with Crippen molar-refractivity contribution in [3.05, 3.63) is 77.6 Å². The highest BCUT2D eigenvalue weighted by molar-refractivity contribution is 5.92. The van der Waals surface area contributed by atoms with Crippen molar-refractivity contribution in [3.63, 3.8) is 0 Å². The molecule has 0 radical (unpaired) electrons. The number of aryl methyl sites for hydroxylation is 2. The quantitative estimate of drug-likeness (QED) is 0.583. The lowest BCUT2D eigenvalue weighted by Crippen LogP contribution is -2.26. The van der Waals surface area contributed by atoms with E-state index in [4.69, 9.17) is 4.74 Å². The van der Waals surface area contributed by atoms with Gasteiger partial charge in [-0.2, -0.15) is 0 Å². The molecule has 6 heteroatoms. The highest BCUT2D eigenvalue weighted by Crippen LogP contribution is 2.25. The fourth-order valence-electron chi connectivity index (χ4n) is 2.84. The number of amides is 1. The van der Waals surface area contributed by atoms with E-state index in [1.54, 1.807) is 13.2 Å². The maximum absolute atomic E-state index is 12.5. The average molecular weight is 376 g/mol. The lowest BCUT2D eigenvalue weighted by molar-refractivity contribution is 0.0948. The van der Waals surface area contributed by atoms with Gasteiger partial charge in [-0.3, -0.25) is 4.79 Å². The van der Waals surface area contributed by atoms with Gasteiger partial charge in [0.1, 0.15) is 11.4 Å². The molecule has 6 nitrogen and oxygen atoms in total. The number of methoxy groups -OCH3 is 1. The molecule has 2 aromatic carbocycles. The second kappa shape index (κ2) is 9.50. The third-order valence-electron chi connectivity index (χ3n) is 4.21. The summed E-state index contributed by atoms with van der Waals surface area (Å²) >= 11 is 0. The summed E-state index contributed by atoms with van der Waals surface area (Å²) in [5.41, 5.74) is 3.05. The predicted octanol–water partition coefficient (Wildman–Crippen LogP) is 3.90. The number of benzene rings is 2. The van der Waals surface area contributed by atoms with Gasteiger partial charge in [-0.05, 0) is 43.5 Å². The summed E-state index contributed by atoms with van der Waals surface area (Å²) in [6.07, 6.45) is 1.79. The molecule has 3 aromatic rings. The third kappa shape index (κ3) is 5.30. The normalized spacial score (nSPS) is 10.4. The van der Waals surface area contributed by atoms with Crippen molar-refractivity contribution >= 4 is 17.5 Å². The minimum Gasteiger partial charge on any atom is -0.495 e. The number of hydrogen-bond acceptors (Lipinski definition) is 5. The Balaban J connectivity index is 1.61. The number of rotatable bonds is 8. The first-order valence-electron chi connectivity index (χ1n) is 9.23. The molecule has 2 N–H and O–H groups in total. The van der Waals surface area contributed by atoms with Crippen LogP contribution in [0.15, 0.2) is 60.7 Å². The highest BCUT2D eigenvalue weighted by Gasteiger charge is 2.11. The van der Waals surface area contributed by atoms with Crippen LogP contribution in [0, 0.1) is 6.92 Å². The first-order valence-corrected chi connectivity index (χ1v) is 9.23. The summed E-state index contributed by atoms with van der Waals surface area (Å²) in [5.74, 6) is 0.833. The van der Waals surface area contributed by atoms with Crippen LogP contribution in [0.2, 0.25) is 0 Å². The summed E-state index contributed by atoms with van der Waals surface area (Å²) in [6, 6.07) is 19.4. The van der Waals surface area contributed by atoms with Gasteiger partial charge < -0.3 is 15.4 Å². The van der Waals surface area contributed by atoms with Crippen LogP contribution in [0.25, 0.3) is 0 Å². The van der Waals surface area contributed by atoms with Crippen LogP contribution < -0.4 is 15.4 Å². The van der Waals surface area contributed by atoms with Crippen LogP contribution in [0.1, 0.15) is 28.2 Å². The second-order valence-electron chi connectivity index (χ2n) is 6.39. The standard InChI is InChI=1S/C22H24N4O2/c1-16-15-19(21(27)23-14-8-11-17-9-4-3-5-10-17)26-22(24-16)25-18-12-6-7-13-20(18)28-2/h3-7,9-10,12-13,15H,8,11,14H2,1-2H3,(H,23,27)(H,24,25,26). The molecule has 0 fully saturated rings. The molecule has 0 atom stereocenters. The van der Waals surface area contributed by atoms with Gasteiger partial charge in [-0.15, -0.1) is 0 Å². The van der Waals surface area contributed by atoms with E-state index in [1.807, 2.05) is 49.4 Å². The predicted molar refractivity (Wildman–Crippen MR) is 110 cm³/mol. The number of carbonyl (C=O) groups excluding carboxylic acids is 1. The molecule has 0 aliphatic carbocycles. The molecule has 0 bridgehead atoms. The fourth-order valence-corrected chi connectivity index (χ4v) is 2.84. The first kappa shape index (κ1) is 19.4. The number of para-hydroxylation sites is 2. The molecule has 0 aliphatic rings. The molecule has 1 heterocycles. The summed E-state index contributed by atoms with van der Waals surface area (Å²) in [5, 5.41) is 6.05. The van der Waals surface area contributed by atoms with E-state index in [0.717, 1.165) is 18.5 Å². The van der Waals surface area contributed by atoms with Crippen molar-refractivity contribution in [1.82, 2.24) is 15.3 Å². The summed E-state index contributed by atoms with van der Waals surface area (Å²) in [6.45, 7) is 2.42. The Morgan fingerprint density at radius 3 is 2.57 bits per heavy atom. The number of anilines is 2. The van der Waals surface area contributed by atoms with Gasteiger partial charge in [0.25, 0.3) is 5.91 Å². The van der Waals surface area contributed by atoms with Crippen LogP contribution in [-0.2, 0) is 6.42 Å². The zero-order chi connectivity index (χ0) is 19.8. The molecule has 1 amide bonds. The Labute approximate surface area is 165 Å². The van der Waals surface area contributed by atoms with E-state index in [-0.39, 0.29) is 5.91 Å². The van der Waals surface area contributed by atoms with E-state index in [2.05, 4.69) is 32.7 Å². The molecule has 28 heavy (non-hydrogen) atoms. The van der Waals surface area contributed by atoms with E-state index in [1.165, 1.54) is 5.56 Å². The molecule has 0 spiro atoms. The van der Waals surface area contributed by atoms with Gasteiger partial charge in [-0.1, -0.05) is 42.5 Å². The Hall–Kier alpha value is -3.41. The minimum absolute atomic E-state index is 0.207. The highest BCUT2D eigenvalue weighted by atomic mass is 16.5. The van der Waals surface area contributed by atoms with Gasteiger partial charge in [0.2, 0.25) is 5.95 Å². The Kier molecular flexibility index (Phi) is 6.57. The summed E-state index contributed by atoms with van der Waals surface area (Å²) < 4.78 is 5.33. The van der Waals surface area contributed by atoms with E-state index < -0.39 is 0 Å². The van der Waals surface area contributed by atoms with Crippen LogP contribution in [0.4, 0.5) is 11.6 Å². The lowest BCUT2D eigenvalue weighted by Gasteiger charge is -2.11. The van der Waals surface area contributed by atoms with Crippen LogP contribution in [-0.4, -0.2) is 29.5 Å². The first-order chi connectivity index (χ1) is 13.7. The summed E-state index contributed by atoms with van der Waals surface area (Å²) in [7, 11) is 1.60. The Morgan fingerprint density at radius 1 is 1.04 bits per heavy atom. The van der Waals surface area contributed by atoms with Crippen molar-refractivity contribution in [1.29, 1.82) is 0 Å². The van der Waals surface area contributed by atoms with E-state index in [0.29, 0.717) is 29.6 Å². The van der Waals surface area contributed by atoms with Crippen LogP contribution in [0.3, 0.4) is 0 Å². The number of ether oxygens (including phenoxy) is 1. The molecule has 3 rings (SSSR count).